The van der Waals surface area contributed by atoms with Crippen molar-refractivity contribution in [3.05, 3.63) is 29.8 Å². The van der Waals surface area contributed by atoms with E-state index >= 15 is 0 Å². The highest BCUT2D eigenvalue weighted by molar-refractivity contribution is 6.38. The number of carbonyl (C=O) groups is 2. The summed E-state index contributed by atoms with van der Waals surface area (Å²) in [6.45, 7) is 0.177. The molecule has 0 amide bonds. The zero-order chi connectivity index (χ0) is 11.5. The number of ketones is 1. The first-order valence-electron chi connectivity index (χ1n) is 4.52. The number of aliphatic carboxylic acids is 1. The minimum Gasteiger partial charge on any atom is -0.475 e. The van der Waals surface area contributed by atoms with Gasteiger partial charge in [0, 0.05) is 0 Å². The van der Waals surface area contributed by atoms with E-state index in [2.05, 4.69) is 0 Å². The SMILES string of the molecule is O=C(O)C(=O)/C=C/c1ccc2c(c1)OCO2. The third-order valence-electron chi connectivity index (χ3n) is 2.03. The van der Waals surface area contributed by atoms with Gasteiger partial charge in [-0.25, -0.2) is 4.79 Å². The van der Waals surface area contributed by atoms with Crippen LogP contribution in [0, 0.1) is 0 Å². The van der Waals surface area contributed by atoms with Gasteiger partial charge in [-0.2, -0.15) is 0 Å². The molecular formula is C11H8O5. The molecule has 0 aromatic heterocycles. The summed E-state index contributed by atoms with van der Waals surface area (Å²) >= 11 is 0. The Labute approximate surface area is 90.9 Å². The molecule has 1 aromatic rings. The van der Waals surface area contributed by atoms with E-state index < -0.39 is 11.8 Å². The standard InChI is InChI=1S/C11H8O5/c12-8(11(13)14)3-1-7-2-4-9-10(5-7)16-6-15-9/h1-5H,6H2,(H,13,14)/b3-1+. The van der Waals surface area contributed by atoms with Crippen LogP contribution in [0.2, 0.25) is 0 Å². The van der Waals surface area contributed by atoms with Crippen molar-refractivity contribution < 1.29 is 24.2 Å². The Morgan fingerprint density at radius 1 is 1.25 bits per heavy atom. The van der Waals surface area contributed by atoms with Gasteiger partial charge in [-0.3, -0.25) is 4.79 Å². The number of ether oxygens (including phenoxy) is 2. The van der Waals surface area contributed by atoms with Crippen LogP contribution in [0.25, 0.3) is 6.08 Å². The first-order chi connectivity index (χ1) is 7.66. The van der Waals surface area contributed by atoms with Crippen LogP contribution in [-0.2, 0) is 9.59 Å². The quantitative estimate of drug-likeness (QED) is 0.609. The number of benzene rings is 1. The third-order valence-corrected chi connectivity index (χ3v) is 2.03. The molecule has 82 valence electrons. The molecule has 0 unspecified atom stereocenters. The molecule has 16 heavy (non-hydrogen) atoms. The lowest BCUT2D eigenvalue weighted by atomic mass is 10.2. The molecular weight excluding hydrogens is 212 g/mol. The monoisotopic (exact) mass is 220 g/mol. The molecule has 0 radical (unpaired) electrons. The Bertz CT molecular complexity index is 475. The van der Waals surface area contributed by atoms with E-state index in [0.717, 1.165) is 6.08 Å². The van der Waals surface area contributed by atoms with Crippen LogP contribution in [0.3, 0.4) is 0 Å². The van der Waals surface area contributed by atoms with E-state index in [1.54, 1.807) is 18.2 Å². The molecule has 0 aliphatic carbocycles. The molecule has 5 nitrogen and oxygen atoms in total. The maximum Gasteiger partial charge on any atom is 0.376 e. The average Bonchev–Trinajstić information content (AvgIpc) is 2.72. The molecule has 5 heteroatoms. The molecule has 0 spiro atoms. The minimum absolute atomic E-state index is 0.177. The van der Waals surface area contributed by atoms with Gasteiger partial charge in [0.2, 0.25) is 6.79 Å². The molecule has 0 bridgehead atoms. The van der Waals surface area contributed by atoms with Crippen molar-refractivity contribution in [2.75, 3.05) is 6.79 Å². The predicted molar refractivity (Wildman–Crippen MR) is 54.2 cm³/mol. The van der Waals surface area contributed by atoms with E-state index in [9.17, 15) is 9.59 Å². The van der Waals surface area contributed by atoms with Gasteiger partial charge in [0.05, 0.1) is 0 Å². The zero-order valence-corrected chi connectivity index (χ0v) is 8.17. The van der Waals surface area contributed by atoms with Crippen LogP contribution in [0.1, 0.15) is 5.56 Å². The van der Waals surface area contributed by atoms with E-state index in [1.807, 2.05) is 0 Å². The summed E-state index contributed by atoms with van der Waals surface area (Å²) in [5.74, 6) is -1.21. The van der Waals surface area contributed by atoms with Gasteiger partial charge in [0.1, 0.15) is 0 Å². The summed E-state index contributed by atoms with van der Waals surface area (Å²) in [7, 11) is 0. The number of carboxylic acid groups (broad SMARTS) is 1. The Balaban J connectivity index is 2.17. The topological polar surface area (TPSA) is 72.8 Å². The molecule has 1 heterocycles. The molecule has 1 N–H and O–H groups in total. The van der Waals surface area contributed by atoms with Crippen molar-refractivity contribution in [3.63, 3.8) is 0 Å². The summed E-state index contributed by atoms with van der Waals surface area (Å²) < 4.78 is 10.2. The van der Waals surface area contributed by atoms with Crippen molar-refractivity contribution in [3.8, 4) is 11.5 Å². The van der Waals surface area contributed by atoms with E-state index in [-0.39, 0.29) is 6.79 Å². The Morgan fingerprint density at radius 3 is 2.75 bits per heavy atom. The fourth-order valence-electron chi connectivity index (χ4n) is 1.26. The van der Waals surface area contributed by atoms with Crippen LogP contribution in [-0.4, -0.2) is 23.7 Å². The molecule has 0 saturated carbocycles. The van der Waals surface area contributed by atoms with Crippen molar-refractivity contribution >= 4 is 17.8 Å². The lowest BCUT2D eigenvalue weighted by Crippen LogP contribution is -2.08. The Hall–Kier alpha value is -2.30. The van der Waals surface area contributed by atoms with Gasteiger partial charge in [0.25, 0.3) is 5.78 Å². The molecule has 2 rings (SSSR count). The normalized spacial score (nSPS) is 13.0. The largest absolute Gasteiger partial charge is 0.475 e. The van der Waals surface area contributed by atoms with Crippen molar-refractivity contribution in [2.45, 2.75) is 0 Å². The Kier molecular flexibility index (Phi) is 2.59. The van der Waals surface area contributed by atoms with Gasteiger partial charge in [0.15, 0.2) is 11.5 Å². The molecule has 1 aliphatic heterocycles. The van der Waals surface area contributed by atoms with Gasteiger partial charge in [-0.1, -0.05) is 12.1 Å². The molecule has 0 saturated heterocycles. The second-order valence-electron chi connectivity index (χ2n) is 3.12. The predicted octanol–water partition coefficient (Wildman–Crippen LogP) is 1.08. The van der Waals surface area contributed by atoms with Crippen LogP contribution in [0.5, 0.6) is 11.5 Å². The van der Waals surface area contributed by atoms with Crippen LogP contribution >= 0.6 is 0 Å². The van der Waals surface area contributed by atoms with Crippen molar-refractivity contribution in [1.82, 2.24) is 0 Å². The van der Waals surface area contributed by atoms with Crippen LogP contribution < -0.4 is 9.47 Å². The molecule has 1 aromatic carbocycles. The van der Waals surface area contributed by atoms with Gasteiger partial charge >= 0.3 is 5.97 Å². The fourth-order valence-corrected chi connectivity index (χ4v) is 1.26. The van der Waals surface area contributed by atoms with E-state index in [1.165, 1.54) is 6.08 Å². The maximum atomic E-state index is 10.8. The lowest BCUT2D eigenvalue weighted by Gasteiger charge is -1.96. The highest BCUT2D eigenvalue weighted by Gasteiger charge is 2.12. The second kappa shape index (κ2) is 4.06. The first-order valence-corrected chi connectivity index (χ1v) is 4.52. The number of carboxylic acids is 1. The summed E-state index contributed by atoms with van der Waals surface area (Å²) in [4.78, 5) is 21.1. The summed E-state index contributed by atoms with van der Waals surface area (Å²) in [5, 5.41) is 8.37. The number of hydrogen-bond acceptors (Lipinski definition) is 4. The molecule has 0 fully saturated rings. The fraction of sp³-hybridized carbons (Fsp3) is 0.0909. The Morgan fingerprint density at radius 2 is 2.00 bits per heavy atom. The summed E-state index contributed by atoms with van der Waals surface area (Å²) in [6, 6.07) is 5.08. The van der Waals surface area contributed by atoms with E-state index in [4.69, 9.17) is 14.6 Å². The van der Waals surface area contributed by atoms with Gasteiger partial charge < -0.3 is 14.6 Å². The molecule has 1 aliphatic rings. The van der Waals surface area contributed by atoms with E-state index in [0.29, 0.717) is 17.1 Å². The number of rotatable bonds is 3. The number of fused-ring (bicyclic) bond motifs is 1. The number of carbonyl (C=O) groups excluding carboxylic acids is 1. The minimum atomic E-state index is -1.48. The smallest absolute Gasteiger partial charge is 0.376 e. The average molecular weight is 220 g/mol. The summed E-state index contributed by atoms with van der Waals surface area (Å²) in [6.07, 6.45) is 2.41. The number of hydrogen-bond donors (Lipinski definition) is 1. The third kappa shape index (κ3) is 2.03. The molecule has 0 atom stereocenters. The highest BCUT2D eigenvalue weighted by Crippen LogP contribution is 2.32. The second-order valence-corrected chi connectivity index (χ2v) is 3.12. The van der Waals surface area contributed by atoms with Gasteiger partial charge in [-0.15, -0.1) is 0 Å². The van der Waals surface area contributed by atoms with Crippen LogP contribution in [0.4, 0.5) is 0 Å². The summed E-state index contributed by atoms with van der Waals surface area (Å²) in [5.41, 5.74) is 0.679. The lowest BCUT2D eigenvalue weighted by molar-refractivity contribution is -0.146. The zero-order valence-electron chi connectivity index (χ0n) is 8.17. The highest BCUT2D eigenvalue weighted by atomic mass is 16.7. The maximum absolute atomic E-state index is 10.8. The van der Waals surface area contributed by atoms with Gasteiger partial charge in [-0.05, 0) is 23.8 Å². The van der Waals surface area contributed by atoms with Crippen molar-refractivity contribution in [1.29, 1.82) is 0 Å². The van der Waals surface area contributed by atoms with Crippen LogP contribution in [0.15, 0.2) is 24.3 Å². The van der Waals surface area contributed by atoms with Crippen molar-refractivity contribution in [2.24, 2.45) is 0 Å². The first kappa shape index (κ1) is 10.2.